The van der Waals surface area contributed by atoms with Crippen molar-refractivity contribution in [1.29, 1.82) is 0 Å². The third kappa shape index (κ3) is 2.45. The standard InChI is InChI=1S/C10H10BrF/c1-8(6-7-11)9-2-4-10(12)5-3-9/h2-8H,1H3/b7-6+. The van der Waals surface area contributed by atoms with Crippen LogP contribution in [-0.2, 0) is 0 Å². The molecule has 0 saturated heterocycles. The van der Waals surface area contributed by atoms with Gasteiger partial charge in [0.05, 0.1) is 0 Å². The van der Waals surface area contributed by atoms with Crippen molar-refractivity contribution in [1.82, 2.24) is 0 Å². The summed E-state index contributed by atoms with van der Waals surface area (Å²) in [4.78, 5) is 1.82. The van der Waals surface area contributed by atoms with Gasteiger partial charge in [-0.1, -0.05) is 41.1 Å². The molecule has 64 valence electrons. The fourth-order valence-electron chi connectivity index (χ4n) is 0.987. The van der Waals surface area contributed by atoms with Gasteiger partial charge < -0.3 is 0 Å². The molecule has 0 aliphatic carbocycles. The molecular formula is C10H10BrF. The van der Waals surface area contributed by atoms with Gasteiger partial charge in [0.15, 0.2) is 0 Å². The second kappa shape index (κ2) is 4.41. The van der Waals surface area contributed by atoms with E-state index >= 15 is 0 Å². The van der Waals surface area contributed by atoms with Gasteiger partial charge in [-0.2, -0.15) is 0 Å². The van der Waals surface area contributed by atoms with Crippen LogP contribution in [0.5, 0.6) is 0 Å². The zero-order chi connectivity index (χ0) is 8.97. The van der Waals surface area contributed by atoms with Crippen LogP contribution in [0.25, 0.3) is 0 Å². The summed E-state index contributed by atoms with van der Waals surface area (Å²) >= 11 is 3.21. The first kappa shape index (κ1) is 9.46. The Balaban J connectivity index is 2.82. The maximum atomic E-state index is 12.5. The van der Waals surface area contributed by atoms with Crippen LogP contribution in [0.2, 0.25) is 0 Å². The lowest BCUT2D eigenvalue weighted by Crippen LogP contribution is -1.88. The van der Waals surface area contributed by atoms with Crippen molar-refractivity contribution in [3.63, 3.8) is 0 Å². The largest absolute Gasteiger partial charge is 0.207 e. The van der Waals surface area contributed by atoms with E-state index in [1.54, 1.807) is 12.1 Å². The quantitative estimate of drug-likeness (QED) is 0.722. The molecule has 12 heavy (non-hydrogen) atoms. The van der Waals surface area contributed by atoms with E-state index in [-0.39, 0.29) is 5.82 Å². The lowest BCUT2D eigenvalue weighted by atomic mass is 10.0. The molecule has 0 saturated carbocycles. The van der Waals surface area contributed by atoms with Gasteiger partial charge in [-0.05, 0) is 28.6 Å². The molecule has 0 amide bonds. The van der Waals surface area contributed by atoms with Crippen molar-refractivity contribution in [2.45, 2.75) is 12.8 Å². The van der Waals surface area contributed by atoms with Crippen LogP contribution in [0, 0.1) is 5.82 Å². The zero-order valence-electron chi connectivity index (χ0n) is 6.80. The number of hydrogen-bond acceptors (Lipinski definition) is 0. The summed E-state index contributed by atoms with van der Waals surface area (Å²) < 4.78 is 12.5. The molecule has 0 aromatic heterocycles. The molecule has 1 rings (SSSR count). The minimum Gasteiger partial charge on any atom is -0.207 e. The van der Waals surface area contributed by atoms with Crippen LogP contribution in [0.15, 0.2) is 35.3 Å². The van der Waals surface area contributed by atoms with E-state index in [4.69, 9.17) is 0 Å². The Morgan fingerprint density at radius 3 is 2.42 bits per heavy atom. The minimum atomic E-state index is -0.186. The normalized spacial score (nSPS) is 13.6. The average molecular weight is 229 g/mol. The van der Waals surface area contributed by atoms with Gasteiger partial charge >= 0.3 is 0 Å². The number of hydrogen-bond donors (Lipinski definition) is 0. The number of benzene rings is 1. The Hall–Kier alpha value is -0.630. The van der Waals surface area contributed by atoms with Gasteiger partial charge in [0.25, 0.3) is 0 Å². The first-order valence-corrected chi connectivity index (χ1v) is 4.68. The van der Waals surface area contributed by atoms with Crippen LogP contribution < -0.4 is 0 Å². The fourth-order valence-corrected chi connectivity index (χ4v) is 1.44. The van der Waals surface area contributed by atoms with Gasteiger partial charge in [0.2, 0.25) is 0 Å². The molecular weight excluding hydrogens is 219 g/mol. The summed E-state index contributed by atoms with van der Waals surface area (Å²) in [5.41, 5.74) is 1.12. The molecule has 1 aromatic rings. The molecule has 0 nitrogen and oxygen atoms in total. The molecule has 0 aliphatic rings. The Morgan fingerprint density at radius 2 is 1.92 bits per heavy atom. The summed E-state index contributed by atoms with van der Waals surface area (Å²) in [5.74, 6) is 0.138. The van der Waals surface area contributed by atoms with Crippen molar-refractivity contribution < 1.29 is 4.39 Å². The Labute approximate surface area is 80.2 Å². The highest BCUT2D eigenvalue weighted by atomic mass is 79.9. The van der Waals surface area contributed by atoms with Gasteiger partial charge in [0, 0.05) is 0 Å². The summed E-state index contributed by atoms with van der Waals surface area (Å²) in [6.45, 7) is 2.06. The molecule has 0 aliphatic heterocycles. The lowest BCUT2D eigenvalue weighted by Gasteiger charge is -2.04. The maximum Gasteiger partial charge on any atom is 0.123 e. The van der Waals surface area contributed by atoms with E-state index in [2.05, 4.69) is 22.9 Å². The Bertz CT molecular complexity index is 264. The first-order chi connectivity index (χ1) is 5.74. The summed E-state index contributed by atoms with van der Waals surface area (Å²) in [6.07, 6.45) is 2.01. The van der Waals surface area contributed by atoms with Crippen molar-refractivity contribution in [2.75, 3.05) is 0 Å². The molecule has 1 atom stereocenters. The van der Waals surface area contributed by atoms with Crippen LogP contribution in [-0.4, -0.2) is 0 Å². The van der Waals surface area contributed by atoms with Crippen LogP contribution in [0.3, 0.4) is 0 Å². The van der Waals surface area contributed by atoms with Gasteiger partial charge in [-0.3, -0.25) is 0 Å². The van der Waals surface area contributed by atoms with E-state index in [9.17, 15) is 4.39 Å². The van der Waals surface area contributed by atoms with Gasteiger partial charge in [0.1, 0.15) is 5.82 Å². The molecule has 1 unspecified atom stereocenters. The van der Waals surface area contributed by atoms with Crippen LogP contribution in [0.4, 0.5) is 4.39 Å². The fraction of sp³-hybridized carbons (Fsp3) is 0.200. The van der Waals surface area contributed by atoms with Crippen LogP contribution in [0.1, 0.15) is 18.4 Å². The van der Waals surface area contributed by atoms with E-state index < -0.39 is 0 Å². The second-order valence-electron chi connectivity index (χ2n) is 2.66. The smallest absolute Gasteiger partial charge is 0.123 e. The zero-order valence-corrected chi connectivity index (χ0v) is 8.38. The number of rotatable bonds is 2. The van der Waals surface area contributed by atoms with Crippen molar-refractivity contribution in [3.8, 4) is 0 Å². The Kier molecular flexibility index (Phi) is 3.48. The third-order valence-corrected chi connectivity index (χ3v) is 2.06. The van der Waals surface area contributed by atoms with Crippen molar-refractivity contribution in [2.24, 2.45) is 0 Å². The summed E-state index contributed by atoms with van der Waals surface area (Å²) in [6, 6.07) is 6.56. The molecule has 0 spiro atoms. The molecule has 0 N–H and O–H groups in total. The topological polar surface area (TPSA) is 0 Å². The van der Waals surface area contributed by atoms with E-state index in [0.717, 1.165) is 5.56 Å². The van der Waals surface area contributed by atoms with Crippen LogP contribution >= 0.6 is 15.9 Å². The maximum absolute atomic E-state index is 12.5. The van der Waals surface area contributed by atoms with E-state index in [0.29, 0.717) is 5.92 Å². The number of halogens is 2. The Morgan fingerprint density at radius 1 is 1.33 bits per heavy atom. The number of allylic oxidation sites excluding steroid dienone is 1. The van der Waals surface area contributed by atoms with Crippen molar-refractivity contribution in [3.05, 3.63) is 46.7 Å². The molecule has 2 heteroatoms. The predicted octanol–water partition coefficient (Wildman–Crippen LogP) is 3.84. The molecule has 0 radical (unpaired) electrons. The molecule has 0 bridgehead atoms. The van der Waals surface area contributed by atoms with E-state index in [1.165, 1.54) is 12.1 Å². The van der Waals surface area contributed by atoms with Crippen molar-refractivity contribution >= 4 is 15.9 Å². The highest BCUT2D eigenvalue weighted by Crippen LogP contribution is 2.17. The minimum absolute atomic E-state index is 0.186. The molecule has 0 heterocycles. The van der Waals surface area contributed by atoms with Gasteiger partial charge in [-0.15, -0.1) is 0 Å². The summed E-state index contributed by atoms with van der Waals surface area (Å²) in [5, 5.41) is 0. The molecule has 0 fully saturated rings. The third-order valence-electron chi connectivity index (χ3n) is 1.76. The highest BCUT2D eigenvalue weighted by Gasteiger charge is 1.99. The van der Waals surface area contributed by atoms with E-state index in [1.807, 2.05) is 11.1 Å². The average Bonchev–Trinajstić information content (AvgIpc) is 2.06. The predicted molar refractivity (Wildman–Crippen MR) is 52.9 cm³/mol. The SMILES string of the molecule is CC(/C=C/Br)c1ccc(F)cc1. The monoisotopic (exact) mass is 228 g/mol. The molecule has 1 aromatic carbocycles. The highest BCUT2D eigenvalue weighted by molar-refractivity contribution is 9.11. The first-order valence-electron chi connectivity index (χ1n) is 3.76. The summed E-state index contributed by atoms with van der Waals surface area (Å²) in [7, 11) is 0. The lowest BCUT2D eigenvalue weighted by molar-refractivity contribution is 0.626. The van der Waals surface area contributed by atoms with Gasteiger partial charge in [-0.25, -0.2) is 4.39 Å². The second-order valence-corrected chi connectivity index (χ2v) is 3.19.